The van der Waals surface area contributed by atoms with Crippen molar-refractivity contribution >= 4 is 54.5 Å². The normalized spacial score (nSPS) is 11.7. The van der Waals surface area contributed by atoms with Gasteiger partial charge in [-0.05, 0) is 86.9 Å². The third-order valence-corrected chi connectivity index (χ3v) is 11.5. The Kier molecular flexibility index (Phi) is 7.74. The van der Waals surface area contributed by atoms with Crippen LogP contribution < -0.4 is 0 Å². The number of fused-ring (bicyclic) bond motifs is 8. The summed E-state index contributed by atoms with van der Waals surface area (Å²) in [6, 6.07) is 69.4. The number of hydrogen-bond acceptors (Lipinski definition) is 5. The van der Waals surface area contributed by atoms with Gasteiger partial charge in [-0.15, -0.1) is 10.2 Å². The molecule has 3 heterocycles. The molecule has 6 nitrogen and oxygen atoms in total. The summed E-state index contributed by atoms with van der Waals surface area (Å²) in [4.78, 5) is 12.2. The Labute approximate surface area is 344 Å². The number of nitrogens with zero attached hydrogens (tertiary/aromatic N) is 5. The Morgan fingerprint density at radius 1 is 0.367 bits per heavy atom. The van der Waals surface area contributed by atoms with Crippen molar-refractivity contribution in [2.75, 3.05) is 0 Å². The predicted molar refractivity (Wildman–Crippen MR) is 244 cm³/mol. The first-order valence-electron chi connectivity index (χ1n) is 20.0. The van der Waals surface area contributed by atoms with E-state index in [9.17, 15) is 0 Å². The highest BCUT2D eigenvalue weighted by molar-refractivity contribution is 6.19. The maximum atomic E-state index is 6.22. The van der Waals surface area contributed by atoms with Crippen LogP contribution in [0.25, 0.3) is 116 Å². The summed E-state index contributed by atoms with van der Waals surface area (Å²) in [7, 11) is 0. The third kappa shape index (κ3) is 5.81. The Balaban J connectivity index is 0.984. The molecule has 12 rings (SSSR count). The van der Waals surface area contributed by atoms with Gasteiger partial charge in [0, 0.05) is 32.8 Å². The molecular weight excluding hydrogens is 735 g/mol. The highest BCUT2D eigenvalue weighted by Gasteiger charge is 2.16. The summed E-state index contributed by atoms with van der Waals surface area (Å²) in [6.07, 6.45) is 0. The minimum absolute atomic E-state index is 0.646. The predicted octanol–water partition coefficient (Wildman–Crippen LogP) is 13.8. The van der Waals surface area contributed by atoms with E-state index in [0.29, 0.717) is 5.82 Å². The van der Waals surface area contributed by atoms with Crippen molar-refractivity contribution in [3.63, 3.8) is 0 Å². The van der Waals surface area contributed by atoms with Crippen LogP contribution in [0, 0.1) is 0 Å². The first-order valence-corrected chi connectivity index (χ1v) is 20.0. The Hall–Kier alpha value is -8.22. The summed E-state index contributed by atoms with van der Waals surface area (Å²) in [5, 5.41) is 16.5. The molecule has 0 saturated heterocycles. The fourth-order valence-corrected chi connectivity index (χ4v) is 8.41. The van der Waals surface area contributed by atoms with Gasteiger partial charge in [0.1, 0.15) is 22.2 Å². The average Bonchev–Trinajstić information content (AvgIpc) is 3.94. The zero-order chi connectivity index (χ0) is 39.6. The van der Waals surface area contributed by atoms with Crippen LogP contribution in [0.4, 0.5) is 0 Å². The molecule has 0 unspecified atom stereocenters. The van der Waals surface area contributed by atoms with Gasteiger partial charge in [-0.2, -0.15) is 4.80 Å². The topological polar surface area (TPSA) is 69.6 Å². The van der Waals surface area contributed by atoms with Gasteiger partial charge in [0.15, 0.2) is 5.82 Å². The minimum atomic E-state index is 0.646. The SMILES string of the molecule is c1ccc(-c2ccc(-c3cc(-c4ccc(-c5ccc6c(c5)oc5ccccc56)cc4)nc(-c4ccc5ccc6ccc7nn(-c8ccccc8)nc7c6c5c4)n3)cc2)cc1. The van der Waals surface area contributed by atoms with Crippen LogP contribution in [0.3, 0.4) is 0 Å². The fraction of sp³-hybridized carbons (Fsp3) is 0. The van der Waals surface area contributed by atoms with Gasteiger partial charge in [0.25, 0.3) is 0 Å². The van der Waals surface area contributed by atoms with Gasteiger partial charge in [-0.25, -0.2) is 9.97 Å². The molecule has 0 aliphatic heterocycles. The van der Waals surface area contributed by atoms with E-state index >= 15 is 0 Å². The first-order chi connectivity index (χ1) is 29.7. The van der Waals surface area contributed by atoms with Gasteiger partial charge in [-0.1, -0.05) is 152 Å². The van der Waals surface area contributed by atoms with Crippen LogP contribution in [0.1, 0.15) is 0 Å². The van der Waals surface area contributed by atoms with E-state index in [1.165, 1.54) is 5.56 Å². The van der Waals surface area contributed by atoms with Gasteiger partial charge in [0.2, 0.25) is 0 Å². The molecular formula is C54H33N5O. The molecule has 0 fully saturated rings. The lowest BCUT2D eigenvalue weighted by Gasteiger charge is -2.12. The molecule has 280 valence electrons. The van der Waals surface area contributed by atoms with Gasteiger partial charge in [-0.3, -0.25) is 0 Å². The van der Waals surface area contributed by atoms with E-state index in [1.54, 1.807) is 4.80 Å². The second kappa shape index (κ2) is 13.7. The molecule has 0 N–H and O–H groups in total. The van der Waals surface area contributed by atoms with Crippen LogP contribution in [0.15, 0.2) is 205 Å². The van der Waals surface area contributed by atoms with E-state index < -0.39 is 0 Å². The summed E-state index contributed by atoms with van der Waals surface area (Å²) >= 11 is 0. The second-order valence-electron chi connectivity index (χ2n) is 15.1. The zero-order valence-electron chi connectivity index (χ0n) is 32.2. The smallest absolute Gasteiger partial charge is 0.160 e. The molecule has 0 atom stereocenters. The van der Waals surface area contributed by atoms with Crippen molar-refractivity contribution in [2.24, 2.45) is 0 Å². The molecule has 0 bridgehead atoms. The molecule has 3 aromatic heterocycles. The molecule has 12 aromatic rings. The van der Waals surface area contributed by atoms with Crippen molar-refractivity contribution in [1.82, 2.24) is 25.0 Å². The summed E-state index contributed by atoms with van der Waals surface area (Å²) in [5.74, 6) is 0.646. The highest BCUT2D eigenvalue weighted by atomic mass is 16.3. The van der Waals surface area contributed by atoms with Crippen molar-refractivity contribution in [1.29, 1.82) is 0 Å². The number of aromatic nitrogens is 5. The maximum Gasteiger partial charge on any atom is 0.160 e. The molecule has 60 heavy (non-hydrogen) atoms. The quantitative estimate of drug-likeness (QED) is 0.158. The van der Waals surface area contributed by atoms with E-state index in [0.717, 1.165) is 105 Å². The van der Waals surface area contributed by atoms with E-state index in [2.05, 4.69) is 140 Å². The molecule has 0 radical (unpaired) electrons. The van der Waals surface area contributed by atoms with Gasteiger partial charge in [0.05, 0.1) is 17.1 Å². The Morgan fingerprint density at radius 2 is 0.933 bits per heavy atom. The number of benzene rings is 9. The number of furan rings is 1. The zero-order valence-corrected chi connectivity index (χ0v) is 32.2. The summed E-state index contributed by atoms with van der Waals surface area (Å²) in [6.45, 7) is 0. The summed E-state index contributed by atoms with van der Waals surface area (Å²) in [5.41, 5.74) is 13.5. The van der Waals surface area contributed by atoms with Crippen molar-refractivity contribution in [3.8, 4) is 61.8 Å². The van der Waals surface area contributed by atoms with E-state index in [-0.39, 0.29) is 0 Å². The van der Waals surface area contributed by atoms with Crippen molar-refractivity contribution in [3.05, 3.63) is 200 Å². The second-order valence-corrected chi connectivity index (χ2v) is 15.1. The lowest BCUT2D eigenvalue weighted by Crippen LogP contribution is -1.97. The largest absolute Gasteiger partial charge is 0.456 e. The van der Waals surface area contributed by atoms with E-state index in [4.69, 9.17) is 24.6 Å². The number of rotatable bonds is 6. The highest BCUT2D eigenvalue weighted by Crippen LogP contribution is 2.37. The standard InChI is InChI=1S/C54H33N5O/c1-3-9-34(10-4-1)35-15-21-38(22-16-35)48-33-49(39-23-17-36(18-24-39)41-27-29-45-44-13-7-8-14-50(44)60-51(45)32-41)56-54(55-48)42-26-20-37-19-25-40-28-30-47-53(52(40)46(37)31-42)58-59(57-47)43-11-5-2-6-12-43/h1-33H. The van der Waals surface area contributed by atoms with Gasteiger partial charge < -0.3 is 4.42 Å². The lowest BCUT2D eigenvalue weighted by molar-refractivity contribution is 0.669. The molecule has 0 aliphatic rings. The third-order valence-electron chi connectivity index (χ3n) is 11.5. The van der Waals surface area contributed by atoms with Crippen LogP contribution in [0.5, 0.6) is 0 Å². The monoisotopic (exact) mass is 767 g/mol. The molecule has 0 spiro atoms. The van der Waals surface area contributed by atoms with Crippen LogP contribution in [-0.4, -0.2) is 25.0 Å². The van der Waals surface area contributed by atoms with Crippen LogP contribution in [0.2, 0.25) is 0 Å². The molecule has 6 heteroatoms. The van der Waals surface area contributed by atoms with Crippen LogP contribution in [-0.2, 0) is 0 Å². The van der Waals surface area contributed by atoms with Crippen LogP contribution >= 0.6 is 0 Å². The van der Waals surface area contributed by atoms with Crippen molar-refractivity contribution in [2.45, 2.75) is 0 Å². The van der Waals surface area contributed by atoms with Gasteiger partial charge >= 0.3 is 0 Å². The van der Waals surface area contributed by atoms with Crippen molar-refractivity contribution < 1.29 is 4.42 Å². The summed E-state index contributed by atoms with van der Waals surface area (Å²) < 4.78 is 6.22. The average molecular weight is 768 g/mol. The fourth-order valence-electron chi connectivity index (χ4n) is 8.41. The molecule has 9 aromatic carbocycles. The molecule has 0 saturated carbocycles. The Morgan fingerprint density at radius 3 is 1.70 bits per heavy atom. The van der Waals surface area contributed by atoms with E-state index in [1.807, 2.05) is 60.7 Å². The molecule has 0 aliphatic carbocycles. The number of para-hydroxylation sites is 2. The number of hydrogen-bond donors (Lipinski definition) is 0. The lowest BCUT2D eigenvalue weighted by atomic mass is 9.98. The maximum absolute atomic E-state index is 6.22. The first kappa shape index (κ1) is 33.9. The Bertz CT molecular complexity index is 3570. The molecule has 0 amide bonds. The minimum Gasteiger partial charge on any atom is -0.456 e.